The maximum Gasteiger partial charge on any atom is 0.263 e. The summed E-state index contributed by atoms with van der Waals surface area (Å²) in [6.45, 7) is 0. The van der Waals surface area contributed by atoms with Crippen molar-refractivity contribution < 1.29 is 8.42 Å². The molecule has 0 spiro atoms. The summed E-state index contributed by atoms with van der Waals surface area (Å²) in [5, 5.41) is 8.14. The van der Waals surface area contributed by atoms with Gasteiger partial charge >= 0.3 is 0 Å². The number of halogens is 1. The molecule has 90 valence electrons. The number of hydrogen-bond acceptors (Lipinski definition) is 5. The zero-order valence-corrected chi connectivity index (χ0v) is 11.7. The maximum absolute atomic E-state index is 11.9. The van der Waals surface area contributed by atoms with Crippen LogP contribution in [-0.2, 0) is 15.4 Å². The highest BCUT2D eigenvalue weighted by atomic mass is 79.9. The van der Waals surface area contributed by atoms with Gasteiger partial charge in [-0.05, 0) is 17.7 Å². The second kappa shape index (κ2) is 5.11. The highest BCUT2D eigenvalue weighted by Gasteiger charge is 2.15. The van der Waals surface area contributed by atoms with E-state index >= 15 is 0 Å². The Morgan fingerprint density at radius 1 is 1.29 bits per heavy atom. The molecule has 0 aliphatic carbocycles. The molecule has 0 atom stereocenters. The van der Waals surface area contributed by atoms with Crippen molar-refractivity contribution in [1.29, 1.82) is 0 Å². The van der Waals surface area contributed by atoms with E-state index in [0.717, 1.165) is 16.9 Å². The van der Waals surface area contributed by atoms with Crippen molar-refractivity contribution in [2.75, 3.05) is 4.72 Å². The van der Waals surface area contributed by atoms with Gasteiger partial charge in [-0.1, -0.05) is 39.4 Å². The van der Waals surface area contributed by atoms with E-state index in [9.17, 15) is 8.42 Å². The van der Waals surface area contributed by atoms with Gasteiger partial charge in [-0.25, -0.2) is 8.42 Å². The molecule has 2 rings (SSSR count). The fraction of sp³-hybridized carbons (Fsp3) is 0.111. The number of nitrogens with one attached hydrogen (secondary N) is 1. The minimum atomic E-state index is -3.57. The topological polar surface area (TPSA) is 72.0 Å². The van der Waals surface area contributed by atoms with Crippen molar-refractivity contribution in [2.45, 2.75) is 10.2 Å². The normalized spacial score (nSPS) is 11.4. The third kappa shape index (κ3) is 3.02. The van der Waals surface area contributed by atoms with Crippen molar-refractivity contribution in [3.8, 4) is 0 Å². The van der Waals surface area contributed by atoms with Crippen LogP contribution >= 0.6 is 27.3 Å². The number of alkyl halides is 1. The molecule has 17 heavy (non-hydrogen) atoms. The molecule has 0 bridgehead atoms. The molecule has 0 amide bonds. The molecule has 1 N–H and O–H groups in total. The van der Waals surface area contributed by atoms with E-state index in [2.05, 4.69) is 30.8 Å². The first-order chi connectivity index (χ1) is 8.12. The van der Waals surface area contributed by atoms with Crippen LogP contribution in [0.4, 0.5) is 5.13 Å². The molecule has 1 aromatic heterocycles. The fourth-order valence-electron chi connectivity index (χ4n) is 1.15. The minimum absolute atomic E-state index is 0.206. The van der Waals surface area contributed by atoms with E-state index in [1.165, 1.54) is 5.51 Å². The monoisotopic (exact) mass is 333 g/mol. The zero-order chi connectivity index (χ0) is 12.3. The molecular weight excluding hydrogens is 326 g/mol. The highest BCUT2D eigenvalue weighted by Crippen LogP contribution is 2.17. The summed E-state index contributed by atoms with van der Waals surface area (Å²) in [4.78, 5) is 0.206. The second-order valence-corrected chi connectivity index (χ2v) is 6.20. The number of aromatic nitrogens is 2. The van der Waals surface area contributed by atoms with Crippen LogP contribution in [0.2, 0.25) is 0 Å². The van der Waals surface area contributed by atoms with Gasteiger partial charge in [0.2, 0.25) is 5.13 Å². The van der Waals surface area contributed by atoms with Crippen LogP contribution < -0.4 is 4.72 Å². The Labute approximate surface area is 111 Å². The summed E-state index contributed by atoms with van der Waals surface area (Å²) in [5.74, 6) is 0. The zero-order valence-electron chi connectivity index (χ0n) is 8.50. The minimum Gasteiger partial charge on any atom is -0.253 e. The van der Waals surface area contributed by atoms with Crippen LogP contribution in [0, 0.1) is 0 Å². The van der Waals surface area contributed by atoms with Crippen molar-refractivity contribution in [2.24, 2.45) is 0 Å². The predicted octanol–water partition coefficient (Wildman–Crippen LogP) is 2.23. The van der Waals surface area contributed by atoms with Gasteiger partial charge in [-0.15, -0.1) is 10.2 Å². The van der Waals surface area contributed by atoms with E-state index in [-0.39, 0.29) is 10.0 Å². The van der Waals surface area contributed by atoms with E-state index in [4.69, 9.17) is 0 Å². The van der Waals surface area contributed by atoms with Gasteiger partial charge in [0, 0.05) is 5.33 Å². The summed E-state index contributed by atoms with van der Waals surface area (Å²) < 4.78 is 26.2. The molecule has 0 radical (unpaired) electrons. The maximum atomic E-state index is 11.9. The van der Waals surface area contributed by atoms with Crippen molar-refractivity contribution >= 4 is 42.4 Å². The Morgan fingerprint density at radius 3 is 2.53 bits per heavy atom. The molecule has 0 fully saturated rings. The highest BCUT2D eigenvalue weighted by molar-refractivity contribution is 9.08. The van der Waals surface area contributed by atoms with Gasteiger partial charge in [-0.2, -0.15) is 0 Å². The smallest absolute Gasteiger partial charge is 0.253 e. The van der Waals surface area contributed by atoms with Gasteiger partial charge < -0.3 is 0 Å². The quantitative estimate of drug-likeness (QED) is 0.871. The van der Waals surface area contributed by atoms with Gasteiger partial charge in [0.05, 0.1) is 4.90 Å². The lowest BCUT2D eigenvalue weighted by atomic mass is 10.2. The molecular formula is C9H8BrN3O2S2. The van der Waals surface area contributed by atoms with E-state index < -0.39 is 10.0 Å². The van der Waals surface area contributed by atoms with E-state index in [1.807, 2.05) is 0 Å². The Balaban J connectivity index is 2.25. The van der Waals surface area contributed by atoms with E-state index in [0.29, 0.717) is 5.33 Å². The fourth-order valence-corrected chi connectivity index (χ4v) is 3.22. The molecule has 2 aromatic rings. The summed E-state index contributed by atoms with van der Waals surface area (Å²) in [7, 11) is -3.57. The largest absolute Gasteiger partial charge is 0.263 e. The molecule has 5 nitrogen and oxygen atoms in total. The molecule has 1 heterocycles. The molecule has 0 saturated carbocycles. The molecule has 0 saturated heterocycles. The van der Waals surface area contributed by atoms with Crippen LogP contribution in [0.25, 0.3) is 0 Å². The Kier molecular flexibility index (Phi) is 3.75. The number of benzene rings is 1. The Morgan fingerprint density at radius 2 is 2.00 bits per heavy atom. The van der Waals surface area contributed by atoms with Crippen LogP contribution in [0.5, 0.6) is 0 Å². The molecule has 0 unspecified atom stereocenters. The third-order valence-electron chi connectivity index (χ3n) is 1.97. The summed E-state index contributed by atoms with van der Waals surface area (Å²) in [6, 6.07) is 6.62. The number of rotatable bonds is 4. The Hall–Kier alpha value is -0.990. The number of hydrogen-bond donors (Lipinski definition) is 1. The number of nitrogens with zero attached hydrogens (tertiary/aromatic N) is 2. The van der Waals surface area contributed by atoms with Crippen LogP contribution in [0.3, 0.4) is 0 Å². The molecule has 1 aromatic carbocycles. The SMILES string of the molecule is O=S(=O)(Nc1nncs1)c1ccc(CBr)cc1. The standard InChI is InChI=1S/C9H8BrN3O2S2/c10-5-7-1-3-8(4-2-7)17(14,15)13-9-12-11-6-16-9/h1-4,6H,5H2,(H,12,13). The van der Waals surface area contributed by atoms with Crippen molar-refractivity contribution in [3.05, 3.63) is 35.3 Å². The average Bonchev–Trinajstić information content (AvgIpc) is 2.81. The van der Waals surface area contributed by atoms with Gasteiger partial charge in [0.1, 0.15) is 5.51 Å². The first-order valence-corrected chi connectivity index (χ1v) is 8.04. The summed E-state index contributed by atoms with van der Waals surface area (Å²) in [5.41, 5.74) is 2.48. The molecule has 0 aliphatic heterocycles. The van der Waals surface area contributed by atoms with Crippen molar-refractivity contribution in [1.82, 2.24) is 10.2 Å². The first-order valence-electron chi connectivity index (χ1n) is 4.56. The van der Waals surface area contributed by atoms with Crippen molar-refractivity contribution in [3.63, 3.8) is 0 Å². The summed E-state index contributed by atoms with van der Waals surface area (Å²) >= 11 is 4.43. The number of anilines is 1. The summed E-state index contributed by atoms with van der Waals surface area (Å²) in [6.07, 6.45) is 0. The van der Waals surface area contributed by atoms with E-state index in [1.54, 1.807) is 24.3 Å². The van der Waals surface area contributed by atoms with Gasteiger partial charge in [0.25, 0.3) is 10.0 Å². The Bertz CT molecular complexity index is 581. The number of sulfonamides is 1. The lowest BCUT2D eigenvalue weighted by Crippen LogP contribution is -2.12. The predicted molar refractivity (Wildman–Crippen MR) is 69.8 cm³/mol. The van der Waals surface area contributed by atoms with Gasteiger partial charge in [0.15, 0.2) is 0 Å². The lowest BCUT2D eigenvalue weighted by Gasteiger charge is -2.04. The first kappa shape index (κ1) is 12.5. The third-order valence-corrected chi connectivity index (χ3v) is 4.71. The molecule has 0 aliphatic rings. The second-order valence-electron chi connectivity index (χ2n) is 3.13. The van der Waals surface area contributed by atoms with Crippen LogP contribution in [-0.4, -0.2) is 18.6 Å². The van der Waals surface area contributed by atoms with Gasteiger partial charge in [-0.3, -0.25) is 4.72 Å². The lowest BCUT2D eigenvalue weighted by molar-refractivity contribution is 0.601. The van der Waals surface area contributed by atoms with Crippen LogP contribution in [0.1, 0.15) is 5.56 Å². The molecule has 8 heteroatoms. The average molecular weight is 334 g/mol. The van der Waals surface area contributed by atoms with Crippen LogP contribution in [0.15, 0.2) is 34.7 Å².